The van der Waals surface area contributed by atoms with Crippen molar-refractivity contribution in [3.05, 3.63) is 0 Å². The number of hydrogen-bond donors (Lipinski definition) is 1. The molecule has 1 N–H and O–H groups in total. The molecule has 2 aliphatic rings. The Morgan fingerprint density at radius 1 is 0.833 bits per heavy atom. The van der Waals surface area contributed by atoms with Crippen LogP contribution in [0.1, 0.15) is 38.5 Å². The van der Waals surface area contributed by atoms with Crippen molar-refractivity contribution in [3.63, 3.8) is 0 Å². The quantitative estimate of drug-likeness (QED) is 0.659. The normalized spacial score (nSPS) is 28.0. The third kappa shape index (κ3) is 2.20. The highest BCUT2D eigenvalue weighted by Crippen LogP contribution is 2.19. The summed E-state index contributed by atoms with van der Waals surface area (Å²) in [5.41, 5.74) is 0. The van der Waals surface area contributed by atoms with Crippen LogP contribution in [0.3, 0.4) is 0 Å². The van der Waals surface area contributed by atoms with Gasteiger partial charge < -0.3 is 5.32 Å². The zero-order valence-corrected chi connectivity index (χ0v) is 7.76. The smallest absolute Gasteiger partial charge is 0.0148 e. The molecule has 0 aromatic carbocycles. The van der Waals surface area contributed by atoms with Gasteiger partial charge in [0.1, 0.15) is 0 Å². The van der Waals surface area contributed by atoms with Crippen LogP contribution in [0.15, 0.2) is 0 Å². The molecule has 0 aromatic rings. The Hall–Kier alpha value is -0.0800. The second-order valence-corrected chi connectivity index (χ2v) is 4.09. The van der Waals surface area contributed by atoms with E-state index >= 15 is 0 Å². The van der Waals surface area contributed by atoms with E-state index < -0.39 is 0 Å². The number of nitrogens with one attached hydrogen (secondary N) is 1. The Morgan fingerprint density at radius 3 is 2.08 bits per heavy atom. The minimum absolute atomic E-state index is 0.783. The van der Waals surface area contributed by atoms with Gasteiger partial charge in [-0.05, 0) is 25.7 Å². The van der Waals surface area contributed by atoms with Crippen LogP contribution in [-0.4, -0.2) is 25.2 Å². The third-order valence-electron chi connectivity index (χ3n) is 3.10. The average Bonchev–Trinajstić information content (AvgIpc) is 2.59. The SMILES string of the molecule is C1CCC(NC2CC[N]CC2)C1. The molecule has 1 aliphatic heterocycles. The van der Waals surface area contributed by atoms with Crippen molar-refractivity contribution < 1.29 is 0 Å². The largest absolute Gasteiger partial charge is 0.311 e. The van der Waals surface area contributed by atoms with Crippen molar-refractivity contribution in [1.82, 2.24) is 10.6 Å². The molecule has 1 radical (unpaired) electrons. The van der Waals surface area contributed by atoms with Gasteiger partial charge in [0.15, 0.2) is 0 Å². The molecule has 1 heterocycles. The summed E-state index contributed by atoms with van der Waals surface area (Å²) in [7, 11) is 0. The van der Waals surface area contributed by atoms with Gasteiger partial charge in [0, 0.05) is 25.2 Å². The Kier molecular flexibility index (Phi) is 3.01. The van der Waals surface area contributed by atoms with Gasteiger partial charge in [-0.15, -0.1) is 0 Å². The first-order chi connectivity index (χ1) is 5.95. The van der Waals surface area contributed by atoms with Crippen molar-refractivity contribution in [2.45, 2.75) is 50.6 Å². The summed E-state index contributed by atoms with van der Waals surface area (Å²) in [6, 6.07) is 1.62. The lowest BCUT2D eigenvalue weighted by Gasteiger charge is -2.26. The fourth-order valence-electron chi connectivity index (χ4n) is 2.34. The summed E-state index contributed by atoms with van der Waals surface area (Å²) in [6.45, 7) is 2.18. The number of rotatable bonds is 2. The molecule has 1 aliphatic carbocycles. The summed E-state index contributed by atoms with van der Waals surface area (Å²) in [5.74, 6) is 0. The monoisotopic (exact) mass is 167 g/mol. The molecular formula is C10H19N2. The standard InChI is InChI=1S/C10H19N2/c1-2-4-9(3-1)12-10-5-7-11-8-6-10/h9-10,12H,1-8H2. The molecule has 0 bridgehead atoms. The van der Waals surface area contributed by atoms with Crippen LogP contribution < -0.4 is 10.6 Å². The van der Waals surface area contributed by atoms with Crippen molar-refractivity contribution in [2.24, 2.45) is 0 Å². The Balaban J connectivity index is 1.69. The molecule has 1 saturated heterocycles. The molecule has 0 amide bonds. The van der Waals surface area contributed by atoms with E-state index in [9.17, 15) is 0 Å². The lowest BCUT2D eigenvalue weighted by atomic mass is 10.1. The first-order valence-corrected chi connectivity index (χ1v) is 5.34. The van der Waals surface area contributed by atoms with Crippen LogP contribution in [0.25, 0.3) is 0 Å². The van der Waals surface area contributed by atoms with E-state index in [1.54, 1.807) is 0 Å². The first kappa shape index (κ1) is 8.52. The topological polar surface area (TPSA) is 26.1 Å². The van der Waals surface area contributed by atoms with Gasteiger partial charge in [0.2, 0.25) is 0 Å². The summed E-state index contributed by atoms with van der Waals surface area (Å²) < 4.78 is 0. The van der Waals surface area contributed by atoms with Gasteiger partial charge in [-0.1, -0.05) is 12.8 Å². The van der Waals surface area contributed by atoms with Gasteiger partial charge in [-0.3, -0.25) is 0 Å². The van der Waals surface area contributed by atoms with Crippen molar-refractivity contribution >= 4 is 0 Å². The number of piperidine rings is 1. The van der Waals surface area contributed by atoms with Gasteiger partial charge in [-0.25, -0.2) is 5.32 Å². The van der Waals surface area contributed by atoms with Crippen molar-refractivity contribution in [2.75, 3.05) is 13.1 Å². The highest BCUT2D eigenvalue weighted by atomic mass is 15.0. The highest BCUT2D eigenvalue weighted by molar-refractivity contribution is 4.81. The molecule has 1 saturated carbocycles. The first-order valence-electron chi connectivity index (χ1n) is 5.34. The van der Waals surface area contributed by atoms with E-state index in [-0.39, 0.29) is 0 Å². The Labute approximate surface area is 75.1 Å². The van der Waals surface area contributed by atoms with E-state index in [2.05, 4.69) is 10.6 Å². The maximum atomic E-state index is 4.36. The van der Waals surface area contributed by atoms with E-state index in [0.717, 1.165) is 25.2 Å². The van der Waals surface area contributed by atoms with Gasteiger partial charge in [0.05, 0.1) is 0 Å². The van der Waals surface area contributed by atoms with E-state index in [1.165, 1.54) is 38.5 Å². The maximum absolute atomic E-state index is 4.36. The summed E-state index contributed by atoms with van der Waals surface area (Å²) in [6.07, 6.45) is 8.25. The predicted molar refractivity (Wildman–Crippen MR) is 50.3 cm³/mol. The Bertz CT molecular complexity index is 124. The van der Waals surface area contributed by atoms with Crippen molar-refractivity contribution in [3.8, 4) is 0 Å². The fraction of sp³-hybridized carbons (Fsp3) is 1.00. The van der Waals surface area contributed by atoms with E-state index in [4.69, 9.17) is 0 Å². The number of hydrogen-bond acceptors (Lipinski definition) is 1. The summed E-state index contributed by atoms with van der Waals surface area (Å²) in [5, 5.41) is 8.12. The van der Waals surface area contributed by atoms with Crippen LogP contribution in [-0.2, 0) is 0 Å². The zero-order valence-electron chi connectivity index (χ0n) is 7.76. The highest BCUT2D eigenvalue weighted by Gasteiger charge is 2.20. The van der Waals surface area contributed by atoms with Gasteiger partial charge in [-0.2, -0.15) is 0 Å². The van der Waals surface area contributed by atoms with Crippen LogP contribution in [0, 0.1) is 0 Å². The second kappa shape index (κ2) is 4.24. The summed E-state index contributed by atoms with van der Waals surface area (Å²) in [4.78, 5) is 0. The fourth-order valence-corrected chi connectivity index (χ4v) is 2.34. The molecule has 0 atom stereocenters. The van der Waals surface area contributed by atoms with Crippen LogP contribution in [0.4, 0.5) is 0 Å². The molecule has 2 nitrogen and oxygen atoms in total. The third-order valence-corrected chi connectivity index (χ3v) is 3.10. The zero-order chi connectivity index (χ0) is 8.23. The molecular weight excluding hydrogens is 148 g/mol. The average molecular weight is 167 g/mol. The molecule has 0 spiro atoms. The lowest BCUT2D eigenvalue weighted by molar-refractivity contribution is 0.345. The molecule has 69 valence electrons. The van der Waals surface area contributed by atoms with Gasteiger partial charge >= 0.3 is 0 Å². The van der Waals surface area contributed by atoms with Crippen LogP contribution in [0.2, 0.25) is 0 Å². The van der Waals surface area contributed by atoms with E-state index in [1.807, 2.05) is 0 Å². The maximum Gasteiger partial charge on any atom is 0.0148 e. The molecule has 0 aromatic heterocycles. The lowest BCUT2D eigenvalue weighted by Crippen LogP contribution is -2.42. The minimum atomic E-state index is 0.783. The molecule has 2 fully saturated rings. The molecule has 2 rings (SSSR count). The minimum Gasteiger partial charge on any atom is -0.311 e. The predicted octanol–water partition coefficient (Wildman–Crippen LogP) is 1.29. The van der Waals surface area contributed by atoms with Crippen LogP contribution in [0.5, 0.6) is 0 Å². The molecule has 12 heavy (non-hydrogen) atoms. The second-order valence-electron chi connectivity index (χ2n) is 4.09. The van der Waals surface area contributed by atoms with Crippen LogP contribution >= 0.6 is 0 Å². The van der Waals surface area contributed by atoms with Crippen molar-refractivity contribution in [1.29, 1.82) is 0 Å². The molecule has 2 heteroatoms. The van der Waals surface area contributed by atoms with Gasteiger partial charge in [0.25, 0.3) is 0 Å². The summed E-state index contributed by atoms with van der Waals surface area (Å²) >= 11 is 0. The van der Waals surface area contributed by atoms with E-state index in [0.29, 0.717) is 0 Å². The Morgan fingerprint density at radius 2 is 1.42 bits per heavy atom. The number of nitrogens with zero attached hydrogens (tertiary/aromatic N) is 1. The molecule has 0 unspecified atom stereocenters.